The van der Waals surface area contributed by atoms with Crippen molar-refractivity contribution in [3.05, 3.63) is 11.6 Å². The maximum Gasteiger partial charge on any atom is 0.0115 e. The fourth-order valence-electron chi connectivity index (χ4n) is 1.01. The predicted octanol–water partition coefficient (Wildman–Crippen LogP) is 2.30. The Balaban J connectivity index is 3.83. The van der Waals surface area contributed by atoms with Crippen LogP contribution in [0.5, 0.6) is 0 Å². The Morgan fingerprint density at radius 2 is 1.80 bits per heavy atom. The van der Waals surface area contributed by atoms with Crippen molar-refractivity contribution in [3.63, 3.8) is 0 Å². The van der Waals surface area contributed by atoms with E-state index in [2.05, 4.69) is 26.8 Å². The summed E-state index contributed by atoms with van der Waals surface area (Å²) in [7, 11) is 1.32. The largest absolute Gasteiger partial charge is 0.0859 e. The molecule has 0 saturated heterocycles. The van der Waals surface area contributed by atoms with E-state index in [9.17, 15) is 0 Å². The van der Waals surface area contributed by atoms with Crippen LogP contribution in [0, 0.1) is 0 Å². The molecule has 0 N–H and O–H groups in total. The minimum atomic E-state index is 0.912. The lowest BCUT2D eigenvalue weighted by Gasteiger charge is -2.04. The average Bonchev–Trinajstić information content (AvgIpc) is 1.99. The lowest BCUT2D eigenvalue weighted by Crippen LogP contribution is -1.87. The molecule has 0 aliphatic carbocycles. The van der Waals surface area contributed by atoms with Crippen molar-refractivity contribution in [2.75, 3.05) is 0 Å². The Hall–Kier alpha value is -0.0431. The van der Waals surface area contributed by atoms with Crippen LogP contribution in [0.25, 0.3) is 0 Å². The SMILES string of the molecule is CCC(=CC([SiH3])CC)CC. The first-order chi connectivity index (χ1) is 4.74. The van der Waals surface area contributed by atoms with Crippen molar-refractivity contribution >= 4 is 10.2 Å². The van der Waals surface area contributed by atoms with Crippen LogP contribution in [-0.2, 0) is 0 Å². The zero-order valence-electron chi connectivity index (χ0n) is 7.78. The summed E-state index contributed by atoms with van der Waals surface area (Å²) in [4.78, 5) is 0. The smallest absolute Gasteiger partial charge is 0.0115 e. The van der Waals surface area contributed by atoms with E-state index in [0.29, 0.717) is 0 Å². The molecule has 0 nitrogen and oxygen atoms in total. The Labute approximate surface area is 68.1 Å². The van der Waals surface area contributed by atoms with Crippen molar-refractivity contribution in [3.8, 4) is 0 Å². The third kappa shape index (κ3) is 3.88. The van der Waals surface area contributed by atoms with E-state index in [1.54, 1.807) is 5.57 Å². The van der Waals surface area contributed by atoms with Crippen LogP contribution in [0.4, 0.5) is 0 Å². The van der Waals surface area contributed by atoms with Gasteiger partial charge in [0.2, 0.25) is 0 Å². The summed E-state index contributed by atoms with van der Waals surface area (Å²) in [5, 5.41) is 0. The highest BCUT2D eigenvalue weighted by atomic mass is 28.1. The molecule has 0 rings (SSSR count). The van der Waals surface area contributed by atoms with Gasteiger partial charge in [0.15, 0.2) is 0 Å². The third-order valence-corrected chi connectivity index (χ3v) is 3.22. The van der Waals surface area contributed by atoms with Crippen LogP contribution in [0.3, 0.4) is 0 Å². The summed E-state index contributed by atoms with van der Waals surface area (Å²) in [5.74, 6) is 0. The van der Waals surface area contributed by atoms with Gasteiger partial charge in [0.05, 0.1) is 0 Å². The fraction of sp³-hybridized carbons (Fsp3) is 0.778. The van der Waals surface area contributed by atoms with Gasteiger partial charge in [-0.25, -0.2) is 0 Å². The summed E-state index contributed by atoms with van der Waals surface area (Å²) < 4.78 is 0. The summed E-state index contributed by atoms with van der Waals surface area (Å²) in [6.07, 6.45) is 6.30. The first kappa shape index (κ1) is 9.96. The van der Waals surface area contributed by atoms with E-state index in [0.717, 1.165) is 5.54 Å². The van der Waals surface area contributed by atoms with E-state index in [-0.39, 0.29) is 0 Å². The van der Waals surface area contributed by atoms with Gasteiger partial charge < -0.3 is 0 Å². The van der Waals surface area contributed by atoms with Gasteiger partial charge in [0.25, 0.3) is 0 Å². The second-order valence-electron chi connectivity index (χ2n) is 2.92. The van der Waals surface area contributed by atoms with Gasteiger partial charge in [-0.15, -0.1) is 0 Å². The topological polar surface area (TPSA) is 0 Å². The predicted molar refractivity (Wildman–Crippen MR) is 52.6 cm³/mol. The highest BCUT2D eigenvalue weighted by Gasteiger charge is 1.95. The Morgan fingerprint density at radius 3 is 2.10 bits per heavy atom. The third-order valence-electron chi connectivity index (χ3n) is 2.07. The molecule has 1 atom stereocenters. The van der Waals surface area contributed by atoms with Crippen molar-refractivity contribution in [2.45, 2.75) is 45.6 Å². The van der Waals surface area contributed by atoms with Crippen molar-refractivity contribution in [2.24, 2.45) is 0 Å². The first-order valence-electron chi connectivity index (χ1n) is 4.44. The maximum absolute atomic E-state index is 2.48. The quantitative estimate of drug-likeness (QED) is 0.433. The van der Waals surface area contributed by atoms with E-state index in [4.69, 9.17) is 0 Å². The molecule has 0 aliphatic heterocycles. The molecular weight excluding hydrogens is 136 g/mol. The normalized spacial score (nSPS) is 13.1. The molecule has 60 valence electrons. The van der Waals surface area contributed by atoms with E-state index in [1.807, 2.05) is 0 Å². The second kappa shape index (κ2) is 5.72. The molecule has 0 heterocycles. The minimum Gasteiger partial charge on any atom is -0.0859 e. The fourth-order valence-corrected chi connectivity index (χ4v) is 1.48. The molecule has 0 aromatic rings. The Morgan fingerprint density at radius 1 is 1.30 bits per heavy atom. The number of allylic oxidation sites excluding steroid dienone is 2. The zero-order chi connectivity index (χ0) is 7.98. The van der Waals surface area contributed by atoms with E-state index < -0.39 is 0 Å². The van der Waals surface area contributed by atoms with E-state index >= 15 is 0 Å². The summed E-state index contributed by atoms with van der Waals surface area (Å²) in [6.45, 7) is 6.77. The monoisotopic (exact) mass is 156 g/mol. The average molecular weight is 156 g/mol. The van der Waals surface area contributed by atoms with Gasteiger partial charge in [0.1, 0.15) is 0 Å². The zero-order valence-corrected chi connectivity index (χ0v) is 9.78. The second-order valence-corrected chi connectivity index (χ2v) is 4.40. The number of rotatable bonds is 4. The summed E-state index contributed by atoms with van der Waals surface area (Å²) in [6, 6.07) is 0. The number of hydrogen-bond acceptors (Lipinski definition) is 0. The summed E-state index contributed by atoms with van der Waals surface area (Å²) >= 11 is 0. The van der Waals surface area contributed by atoms with Crippen molar-refractivity contribution in [1.29, 1.82) is 0 Å². The molecule has 0 bridgehead atoms. The molecule has 0 amide bonds. The molecule has 0 aromatic heterocycles. The van der Waals surface area contributed by atoms with Crippen LogP contribution in [0.1, 0.15) is 40.0 Å². The van der Waals surface area contributed by atoms with Crippen molar-refractivity contribution < 1.29 is 0 Å². The molecule has 0 aromatic carbocycles. The van der Waals surface area contributed by atoms with Gasteiger partial charge >= 0.3 is 0 Å². The lowest BCUT2D eigenvalue weighted by molar-refractivity contribution is 0.899. The summed E-state index contributed by atoms with van der Waals surface area (Å²) in [5.41, 5.74) is 2.55. The molecule has 1 heteroatoms. The van der Waals surface area contributed by atoms with Gasteiger partial charge in [-0.3, -0.25) is 0 Å². The molecule has 0 saturated carbocycles. The molecule has 10 heavy (non-hydrogen) atoms. The highest BCUT2D eigenvalue weighted by Crippen LogP contribution is 2.14. The first-order valence-corrected chi connectivity index (χ1v) is 5.59. The molecule has 0 fully saturated rings. The highest BCUT2D eigenvalue weighted by molar-refractivity contribution is 6.12. The molecule has 0 spiro atoms. The van der Waals surface area contributed by atoms with Gasteiger partial charge in [-0.2, -0.15) is 0 Å². The maximum atomic E-state index is 2.48. The van der Waals surface area contributed by atoms with E-state index in [1.165, 1.54) is 29.5 Å². The molecule has 0 radical (unpaired) electrons. The number of hydrogen-bond donors (Lipinski definition) is 0. The molecule has 1 unspecified atom stereocenters. The Kier molecular flexibility index (Phi) is 5.70. The lowest BCUT2D eigenvalue weighted by atomic mass is 10.1. The van der Waals surface area contributed by atoms with Gasteiger partial charge in [0, 0.05) is 10.2 Å². The van der Waals surface area contributed by atoms with Gasteiger partial charge in [-0.05, 0) is 18.4 Å². The molecule has 0 aliphatic rings. The standard InChI is InChI=1S/C9H20Si/c1-4-8(5-2)7-9(10)6-3/h7,9H,4-6H2,1-3,10H3. The van der Waals surface area contributed by atoms with Crippen LogP contribution in [-0.4, -0.2) is 10.2 Å². The Bertz CT molecular complexity index is 99.3. The molecular formula is C9H20Si. The van der Waals surface area contributed by atoms with Crippen molar-refractivity contribution in [1.82, 2.24) is 0 Å². The van der Waals surface area contributed by atoms with Crippen LogP contribution < -0.4 is 0 Å². The van der Waals surface area contributed by atoms with Crippen LogP contribution >= 0.6 is 0 Å². The van der Waals surface area contributed by atoms with Gasteiger partial charge in [-0.1, -0.05) is 38.8 Å². The minimum absolute atomic E-state index is 0.912. The van der Waals surface area contributed by atoms with Crippen LogP contribution in [0.2, 0.25) is 5.54 Å². The van der Waals surface area contributed by atoms with Crippen LogP contribution in [0.15, 0.2) is 11.6 Å².